The molecule has 0 amide bonds. The van der Waals surface area contributed by atoms with Gasteiger partial charge in [0.1, 0.15) is 5.75 Å². The molecule has 2 heteroatoms. The molecule has 0 radical (unpaired) electrons. The average Bonchev–Trinajstić information content (AvgIpc) is 2.69. The molecular weight excluding hydrogens is 332 g/mol. The summed E-state index contributed by atoms with van der Waals surface area (Å²) in [6, 6.07) is 13.9. The molecule has 148 valence electrons. The van der Waals surface area contributed by atoms with Gasteiger partial charge in [0.15, 0.2) is 6.29 Å². The lowest BCUT2D eigenvalue weighted by Crippen LogP contribution is -1.93. The number of carbonyl (C=O) groups is 1. The first-order chi connectivity index (χ1) is 13.0. The Balaban J connectivity index is 0.000000488. The fourth-order valence-corrected chi connectivity index (χ4v) is 2.63. The van der Waals surface area contributed by atoms with Crippen molar-refractivity contribution in [2.75, 3.05) is 7.11 Å². The summed E-state index contributed by atoms with van der Waals surface area (Å²) in [4.78, 5) is 10.3. The lowest BCUT2D eigenvalue weighted by atomic mass is 9.98. The van der Waals surface area contributed by atoms with Crippen LogP contribution in [0.5, 0.6) is 5.75 Å². The number of rotatable bonds is 7. The molecule has 0 bridgehead atoms. The number of ether oxygens (including phenoxy) is 1. The number of allylic oxidation sites excluding steroid dienone is 1. The molecule has 0 aromatic heterocycles. The molecule has 0 atom stereocenters. The fraction of sp³-hybridized carbons (Fsp3) is 0.400. The molecule has 0 aliphatic heterocycles. The third-order valence-corrected chi connectivity index (χ3v) is 3.98. The summed E-state index contributed by atoms with van der Waals surface area (Å²) in [7, 11) is 1.54. The first-order valence-electron chi connectivity index (χ1n) is 9.82. The van der Waals surface area contributed by atoms with E-state index in [-0.39, 0.29) is 0 Å². The van der Waals surface area contributed by atoms with E-state index in [4.69, 9.17) is 4.74 Å². The van der Waals surface area contributed by atoms with Crippen molar-refractivity contribution in [2.24, 2.45) is 0 Å². The predicted molar refractivity (Wildman–Crippen MR) is 118 cm³/mol. The van der Waals surface area contributed by atoms with Gasteiger partial charge in [0.25, 0.3) is 0 Å². The minimum atomic E-state index is 0.588. The molecule has 27 heavy (non-hydrogen) atoms. The fourth-order valence-electron chi connectivity index (χ4n) is 2.63. The normalized spacial score (nSPS) is 9.26. The van der Waals surface area contributed by atoms with Crippen LogP contribution in [0.15, 0.2) is 54.6 Å². The molecule has 0 fully saturated rings. The highest BCUT2D eigenvalue weighted by molar-refractivity contribution is 5.79. The zero-order valence-corrected chi connectivity index (χ0v) is 18.0. The van der Waals surface area contributed by atoms with Crippen molar-refractivity contribution in [3.8, 4) is 5.75 Å². The number of hydrogen-bond donors (Lipinski definition) is 0. The number of aldehydes is 1. The second kappa shape index (κ2) is 14.8. The standard InChI is InChI=1S/C15H22.C8H8O2.C2H6/c1-5-6-7-15-9-8-14(10-12(2)3)11-13(15)4;1-10-8-5-3-2-4-7(8)6-9;1-2/h8-9,11H,2,5-7,10H2,1,3-4H3;2-6H,1H3;1-2H3. The number of hydrogen-bond acceptors (Lipinski definition) is 2. The second-order valence-electron chi connectivity index (χ2n) is 6.36. The molecule has 2 rings (SSSR count). The number of methoxy groups -OCH3 is 1. The van der Waals surface area contributed by atoms with Crippen LogP contribution in [0.4, 0.5) is 0 Å². The first-order valence-corrected chi connectivity index (χ1v) is 9.82. The van der Waals surface area contributed by atoms with Crippen LogP contribution in [-0.2, 0) is 12.8 Å². The van der Waals surface area contributed by atoms with Gasteiger partial charge in [-0.3, -0.25) is 4.79 Å². The Morgan fingerprint density at radius 1 is 1.15 bits per heavy atom. The smallest absolute Gasteiger partial charge is 0.153 e. The minimum Gasteiger partial charge on any atom is -0.496 e. The van der Waals surface area contributed by atoms with Gasteiger partial charge in [0.2, 0.25) is 0 Å². The van der Waals surface area contributed by atoms with E-state index in [0.717, 1.165) is 12.7 Å². The van der Waals surface area contributed by atoms with E-state index in [1.165, 1.54) is 41.5 Å². The number of aryl methyl sites for hydroxylation is 2. The zero-order valence-electron chi connectivity index (χ0n) is 18.0. The van der Waals surface area contributed by atoms with E-state index in [2.05, 4.69) is 45.5 Å². The molecular formula is C25H36O2. The van der Waals surface area contributed by atoms with E-state index in [1.54, 1.807) is 25.3 Å². The molecule has 2 nitrogen and oxygen atoms in total. The predicted octanol–water partition coefficient (Wildman–Crippen LogP) is 6.99. The van der Waals surface area contributed by atoms with Crippen LogP contribution < -0.4 is 4.74 Å². The molecule has 0 N–H and O–H groups in total. The highest BCUT2D eigenvalue weighted by atomic mass is 16.5. The van der Waals surface area contributed by atoms with Gasteiger partial charge in [0.05, 0.1) is 12.7 Å². The van der Waals surface area contributed by atoms with E-state index in [1.807, 2.05) is 19.9 Å². The summed E-state index contributed by atoms with van der Waals surface area (Å²) in [6.45, 7) is 14.5. The first kappa shape index (κ1) is 24.7. The highest BCUT2D eigenvalue weighted by Gasteiger charge is 2.00. The molecule has 2 aromatic carbocycles. The van der Waals surface area contributed by atoms with Crippen LogP contribution in [0.3, 0.4) is 0 Å². The lowest BCUT2D eigenvalue weighted by molar-refractivity contribution is 0.112. The Bertz CT molecular complexity index is 686. The third kappa shape index (κ3) is 9.79. The topological polar surface area (TPSA) is 26.3 Å². The summed E-state index contributed by atoms with van der Waals surface area (Å²) in [5.74, 6) is 0.623. The number of unbranched alkanes of at least 4 members (excludes halogenated alkanes) is 1. The van der Waals surface area contributed by atoms with Crippen LogP contribution >= 0.6 is 0 Å². The largest absolute Gasteiger partial charge is 0.496 e. The van der Waals surface area contributed by atoms with Gasteiger partial charge in [0, 0.05) is 0 Å². The summed E-state index contributed by atoms with van der Waals surface area (Å²) >= 11 is 0. The van der Waals surface area contributed by atoms with Gasteiger partial charge in [-0.2, -0.15) is 0 Å². The Labute approximate surface area is 166 Å². The molecule has 0 spiro atoms. The maximum absolute atomic E-state index is 10.3. The van der Waals surface area contributed by atoms with Gasteiger partial charge in [-0.25, -0.2) is 0 Å². The van der Waals surface area contributed by atoms with E-state index < -0.39 is 0 Å². The van der Waals surface area contributed by atoms with Gasteiger partial charge in [-0.05, 0) is 61.9 Å². The second-order valence-corrected chi connectivity index (χ2v) is 6.36. The minimum absolute atomic E-state index is 0.588. The summed E-state index contributed by atoms with van der Waals surface area (Å²) in [5.41, 5.74) is 6.14. The van der Waals surface area contributed by atoms with Crippen molar-refractivity contribution in [1.29, 1.82) is 0 Å². The molecule has 2 aromatic rings. The lowest BCUT2D eigenvalue weighted by Gasteiger charge is -2.08. The molecule has 0 heterocycles. The zero-order chi connectivity index (χ0) is 20.7. The summed E-state index contributed by atoms with van der Waals surface area (Å²) in [5, 5.41) is 0. The van der Waals surface area contributed by atoms with Crippen molar-refractivity contribution in [1.82, 2.24) is 0 Å². The van der Waals surface area contributed by atoms with Crippen LogP contribution in [-0.4, -0.2) is 13.4 Å². The quantitative estimate of drug-likeness (QED) is 0.389. The summed E-state index contributed by atoms with van der Waals surface area (Å²) in [6.07, 6.45) is 5.57. The maximum Gasteiger partial charge on any atom is 0.153 e. The van der Waals surface area contributed by atoms with Crippen molar-refractivity contribution >= 4 is 6.29 Å². The maximum atomic E-state index is 10.3. The van der Waals surface area contributed by atoms with E-state index in [9.17, 15) is 4.79 Å². The van der Waals surface area contributed by atoms with Crippen LogP contribution in [0.25, 0.3) is 0 Å². The number of carbonyl (C=O) groups excluding carboxylic acids is 1. The number of para-hydroxylation sites is 1. The molecule has 0 saturated heterocycles. The molecule has 0 unspecified atom stereocenters. The molecule has 0 saturated carbocycles. The Morgan fingerprint density at radius 3 is 2.30 bits per heavy atom. The third-order valence-electron chi connectivity index (χ3n) is 3.98. The van der Waals surface area contributed by atoms with Crippen molar-refractivity contribution in [3.63, 3.8) is 0 Å². The SMILES string of the molecule is C=C(C)Cc1ccc(CCCC)c(C)c1.CC.COc1ccccc1C=O. The van der Waals surface area contributed by atoms with Gasteiger partial charge in [-0.1, -0.05) is 69.7 Å². The Kier molecular flexibility index (Phi) is 13.5. The van der Waals surface area contributed by atoms with Gasteiger partial charge in [-0.15, -0.1) is 0 Å². The van der Waals surface area contributed by atoms with Crippen molar-refractivity contribution in [3.05, 3.63) is 76.9 Å². The van der Waals surface area contributed by atoms with Crippen molar-refractivity contribution in [2.45, 2.75) is 60.3 Å². The molecule has 0 aliphatic carbocycles. The van der Waals surface area contributed by atoms with Crippen LogP contribution in [0.1, 0.15) is 67.6 Å². The van der Waals surface area contributed by atoms with Gasteiger partial charge < -0.3 is 4.74 Å². The van der Waals surface area contributed by atoms with Crippen LogP contribution in [0, 0.1) is 6.92 Å². The van der Waals surface area contributed by atoms with E-state index in [0.29, 0.717) is 11.3 Å². The molecule has 0 aliphatic rings. The summed E-state index contributed by atoms with van der Waals surface area (Å²) < 4.78 is 4.90. The highest BCUT2D eigenvalue weighted by Crippen LogP contribution is 2.16. The van der Waals surface area contributed by atoms with Gasteiger partial charge >= 0.3 is 0 Å². The monoisotopic (exact) mass is 368 g/mol. The average molecular weight is 369 g/mol. The van der Waals surface area contributed by atoms with Crippen molar-refractivity contribution < 1.29 is 9.53 Å². The van der Waals surface area contributed by atoms with Crippen LogP contribution in [0.2, 0.25) is 0 Å². The Hall–Kier alpha value is -2.35. The Morgan fingerprint density at radius 2 is 1.81 bits per heavy atom. The number of benzene rings is 2. The van der Waals surface area contributed by atoms with E-state index >= 15 is 0 Å².